The van der Waals surface area contributed by atoms with Gasteiger partial charge in [0.25, 0.3) is 5.69 Å². The van der Waals surface area contributed by atoms with E-state index in [1.54, 1.807) is 12.1 Å². The summed E-state index contributed by atoms with van der Waals surface area (Å²) in [6.45, 7) is 0.184. The molecule has 0 saturated heterocycles. The predicted octanol–water partition coefficient (Wildman–Crippen LogP) is 2.71. The molecule has 0 spiro atoms. The molecule has 7 heteroatoms. The van der Waals surface area contributed by atoms with Crippen LogP contribution in [0.15, 0.2) is 48.5 Å². The molecule has 0 radical (unpaired) electrons. The molecular formula is C15H14N2O5. The van der Waals surface area contributed by atoms with E-state index in [4.69, 9.17) is 4.74 Å². The van der Waals surface area contributed by atoms with Gasteiger partial charge in [-0.2, -0.15) is 0 Å². The molecule has 2 aromatic rings. The largest absolute Gasteiger partial charge is 0.506 e. The van der Waals surface area contributed by atoms with Gasteiger partial charge in [-0.1, -0.05) is 18.2 Å². The molecule has 0 aliphatic carbocycles. The monoisotopic (exact) mass is 302 g/mol. The number of benzene rings is 2. The number of carbonyl (C=O) groups is 1. The Labute approximate surface area is 126 Å². The second-order valence-electron chi connectivity index (χ2n) is 4.42. The number of hydrogen-bond acceptors (Lipinski definition) is 5. The van der Waals surface area contributed by atoms with Gasteiger partial charge < -0.3 is 15.2 Å². The number of nitrogens with one attached hydrogen (secondary N) is 1. The smallest absolute Gasteiger partial charge is 0.273 e. The van der Waals surface area contributed by atoms with Crippen molar-refractivity contribution in [2.75, 3.05) is 11.9 Å². The third kappa shape index (κ3) is 4.20. The number of carbonyl (C=O) groups excluding carboxylic acids is 1. The van der Waals surface area contributed by atoms with Crippen molar-refractivity contribution in [3.05, 3.63) is 58.6 Å². The number of rotatable bonds is 6. The number of phenolic OH excluding ortho intramolecular Hbond substituents is 1. The van der Waals surface area contributed by atoms with Crippen molar-refractivity contribution < 1.29 is 19.6 Å². The fourth-order valence-electron chi connectivity index (χ4n) is 1.73. The van der Waals surface area contributed by atoms with E-state index < -0.39 is 4.92 Å². The summed E-state index contributed by atoms with van der Waals surface area (Å²) in [5.41, 5.74) is -0.127. The molecule has 2 rings (SSSR count). The van der Waals surface area contributed by atoms with E-state index in [9.17, 15) is 20.0 Å². The van der Waals surface area contributed by atoms with Crippen LogP contribution in [-0.2, 0) is 4.79 Å². The predicted molar refractivity (Wildman–Crippen MR) is 79.9 cm³/mol. The van der Waals surface area contributed by atoms with Gasteiger partial charge in [0.05, 0.1) is 29.7 Å². The summed E-state index contributed by atoms with van der Waals surface area (Å²) in [5, 5.41) is 22.7. The first-order valence-electron chi connectivity index (χ1n) is 6.51. The number of nitro groups is 1. The molecule has 0 unspecified atom stereocenters. The van der Waals surface area contributed by atoms with Crippen LogP contribution in [0.3, 0.4) is 0 Å². The number of anilines is 1. The Hall–Kier alpha value is -3.09. The summed E-state index contributed by atoms with van der Waals surface area (Å²) < 4.78 is 5.38. The number of ether oxygens (including phenoxy) is 1. The van der Waals surface area contributed by atoms with Gasteiger partial charge in [0.15, 0.2) is 0 Å². The van der Waals surface area contributed by atoms with Crippen molar-refractivity contribution in [1.82, 2.24) is 0 Å². The molecule has 0 fully saturated rings. The Morgan fingerprint density at radius 3 is 2.59 bits per heavy atom. The standard InChI is InChI=1S/C15H14N2O5/c18-14-10-11(17(20)21)6-7-13(14)16-15(19)8-9-22-12-4-2-1-3-5-12/h1-7,10,18H,8-9H2,(H,16,19). The number of phenols is 1. The summed E-state index contributed by atoms with van der Waals surface area (Å²) in [7, 11) is 0. The van der Waals surface area contributed by atoms with Crippen molar-refractivity contribution in [2.24, 2.45) is 0 Å². The minimum atomic E-state index is -0.626. The van der Waals surface area contributed by atoms with Gasteiger partial charge in [-0.05, 0) is 18.2 Å². The van der Waals surface area contributed by atoms with Gasteiger partial charge in [0.2, 0.25) is 5.91 Å². The lowest BCUT2D eigenvalue weighted by molar-refractivity contribution is -0.384. The zero-order chi connectivity index (χ0) is 15.9. The molecule has 0 aliphatic rings. The Kier molecular flexibility index (Phi) is 4.92. The average molecular weight is 302 g/mol. The second kappa shape index (κ2) is 7.07. The lowest BCUT2D eigenvalue weighted by Crippen LogP contribution is -2.15. The van der Waals surface area contributed by atoms with E-state index >= 15 is 0 Å². The number of hydrogen-bond donors (Lipinski definition) is 2. The van der Waals surface area contributed by atoms with Crippen LogP contribution < -0.4 is 10.1 Å². The maximum atomic E-state index is 11.7. The molecule has 0 bridgehead atoms. The van der Waals surface area contributed by atoms with Crippen LogP contribution in [0, 0.1) is 10.1 Å². The Morgan fingerprint density at radius 1 is 1.23 bits per heavy atom. The summed E-state index contributed by atoms with van der Waals surface area (Å²) in [5.74, 6) is -0.0555. The molecule has 0 saturated carbocycles. The van der Waals surface area contributed by atoms with Gasteiger partial charge >= 0.3 is 0 Å². The molecule has 2 aromatic carbocycles. The summed E-state index contributed by atoms with van der Waals surface area (Å²) in [6.07, 6.45) is 0.0886. The van der Waals surface area contributed by atoms with E-state index in [0.717, 1.165) is 6.07 Å². The van der Waals surface area contributed by atoms with Crippen LogP contribution in [0.25, 0.3) is 0 Å². The van der Waals surface area contributed by atoms with Crippen LogP contribution in [-0.4, -0.2) is 22.5 Å². The first-order chi connectivity index (χ1) is 10.6. The molecule has 114 valence electrons. The highest BCUT2D eigenvalue weighted by Gasteiger charge is 2.12. The Balaban J connectivity index is 1.85. The minimum absolute atomic E-state index is 0.0886. The average Bonchev–Trinajstić information content (AvgIpc) is 2.50. The van der Waals surface area contributed by atoms with Crippen molar-refractivity contribution in [2.45, 2.75) is 6.42 Å². The minimum Gasteiger partial charge on any atom is -0.506 e. The fourth-order valence-corrected chi connectivity index (χ4v) is 1.73. The zero-order valence-corrected chi connectivity index (χ0v) is 11.6. The highest BCUT2D eigenvalue weighted by Crippen LogP contribution is 2.27. The molecular weight excluding hydrogens is 288 g/mol. The van der Waals surface area contributed by atoms with Crippen molar-refractivity contribution >= 4 is 17.3 Å². The maximum Gasteiger partial charge on any atom is 0.273 e. The van der Waals surface area contributed by atoms with Gasteiger partial charge in [-0.25, -0.2) is 0 Å². The molecule has 0 aliphatic heterocycles. The topological polar surface area (TPSA) is 102 Å². The first kappa shape index (κ1) is 15.3. The Morgan fingerprint density at radius 2 is 1.95 bits per heavy atom. The molecule has 1 amide bonds. The van der Waals surface area contributed by atoms with Crippen molar-refractivity contribution in [3.8, 4) is 11.5 Å². The molecule has 22 heavy (non-hydrogen) atoms. The number of para-hydroxylation sites is 1. The van der Waals surface area contributed by atoms with E-state index in [1.807, 2.05) is 18.2 Å². The van der Waals surface area contributed by atoms with Crippen LogP contribution in [0.1, 0.15) is 6.42 Å². The number of amides is 1. The summed E-state index contributed by atoms with van der Waals surface area (Å²) in [4.78, 5) is 21.7. The van der Waals surface area contributed by atoms with Gasteiger partial charge in [-0.15, -0.1) is 0 Å². The lowest BCUT2D eigenvalue weighted by atomic mass is 10.2. The summed E-state index contributed by atoms with van der Waals surface area (Å²) >= 11 is 0. The number of nitro benzene ring substituents is 1. The van der Waals surface area contributed by atoms with Crippen LogP contribution >= 0.6 is 0 Å². The molecule has 2 N–H and O–H groups in total. The summed E-state index contributed by atoms with van der Waals surface area (Å²) in [6, 6.07) is 12.5. The Bertz CT molecular complexity index is 673. The van der Waals surface area contributed by atoms with Gasteiger partial charge in [0.1, 0.15) is 11.5 Å². The maximum absolute atomic E-state index is 11.7. The van der Waals surface area contributed by atoms with E-state index in [-0.39, 0.29) is 36.1 Å². The van der Waals surface area contributed by atoms with Gasteiger partial charge in [-0.3, -0.25) is 14.9 Å². The van der Waals surface area contributed by atoms with Crippen molar-refractivity contribution in [3.63, 3.8) is 0 Å². The highest BCUT2D eigenvalue weighted by atomic mass is 16.6. The molecule has 7 nitrogen and oxygen atoms in total. The normalized spacial score (nSPS) is 10.0. The number of nitrogens with zero attached hydrogens (tertiary/aromatic N) is 1. The third-order valence-corrected chi connectivity index (χ3v) is 2.81. The first-order valence-corrected chi connectivity index (χ1v) is 6.51. The molecule has 0 atom stereocenters. The number of aromatic hydroxyl groups is 1. The lowest BCUT2D eigenvalue weighted by Gasteiger charge is -2.08. The molecule has 0 aromatic heterocycles. The zero-order valence-electron chi connectivity index (χ0n) is 11.6. The van der Waals surface area contributed by atoms with E-state index in [0.29, 0.717) is 5.75 Å². The van der Waals surface area contributed by atoms with Gasteiger partial charge in [0, 0.05) is 6.07 Å². The molecule has 0 heterocycles. The van der Waals surface area contributed by atoms with E-state index in [1.165, 1.54) is 12.1 Å². The quantitative estimate of drug-likeness (QED) is 0.485. The number of non-ortho nitro benzene ring substituents is 1. The van der Waals surface area contributed by atoms with Crippen LogP contribution in [0.2, 0.25) is 0 Å². The highest BCUT2D eigenvalue weighted by molar-refractivity contribution is 5.92. The van der Waals surface area contributed by atoms with Crippen LogP contribution in [0.4, 0.5) is 11.4 Å². The van der Waals surface area contributed by atoms with E-state index in [2.05, 4.69) is 5.32 Å². The SMILES string of the molecule is O=C(CCOc1ccccc1)Nc1ccc([N+](=O)[O-])cc1O. The second-order valence-corrected chi connectivity index (χ2v) is 4.42. The fraction of sp³-hybridized carbons (Fsp3) is 0.133. The van der Waals surface area contributed by atoms with Crippen molar-refractivity contribution in [1.29, 1.82) is 0 Å². The third-order valence-electron chi connectivity index (χ3n) is 2.81. The van der Waals surface area contributed by atoms with Crippen LogP contribution in [0.5, 0.6) is 11.5 Å².